The molecule has 6 heteroatoms. The summed E-state index contributed by atoms with van der Waals surface area (Å²) in [5, 5.41) is 6.20. The van der Waals surface area contributed by atoms with E-state index in [0.717, 1.165) is 0 Å². The number of ether oxygens (including phenoxy) is 2. The molecular formula is C16H16N2O4. The summed E-state index contributed by atoms with van der Waals surface area (Å²) in [6.07, 6.45) is 0.704. The molecule has 1 amide bonds. The molecule has 0 fully saturated rings. The molecule has 6 nitrogen and oxygen atoms in total. The van der Waals surface area contributed by atoms with Gasteiger partial charge in [0.2, 0.25) is 0 Å². The number of hydrogen-bond donors (Lipinski definition) is 1. The fourth-order valence-corrected chi connectivity index (χ4v) is 1.73. The Hall–Kier alpha value is -3.02. The molecule has 1 N–H and O–H groups in total. The Labute approximate surface area is 128 Å². The maximum absolute atomic E-state index is 11.6. The van der Waals surface area contributed by atoms with E-state index in [2.05, 4.69) is 10.5 Å². The zero-order chi connectivity index (χ0) is 15.8. The summed E-state index contributed by atoms with van der Waals surface area (Å²) in [6, 6.07) is 14.2. The highest BCUT2D eigenvalue weighted by Gasteiger charge is 2.04. The maximum Gasteiger partial charge on any atom is 0.437 e. The lowest BCUT2D eigenvalue weighted by Gasteiger charge is -2.06. The molecular weight excluding hydrogens is 284 g/mol. The van der Waals surface area contributed by atoms with Crippen molar-refractivity contribution in [1.82, 2.24) is 0 Å². The van der Waals surface area contributed by atoms with Gasteiger partial charge in [-0.15, -0.1) is 0 Å². The number of carbonyl (C=O) groups is 1. The Bertz CT molecular complexity index is 656. The van der Waals surface area contributed by atoms with E-state index in [1.165, 1.54) is 6.21 Å². The highest BCUT2D eigenvalue weighted by Crippen LogP contribution is 2.22. The lowest BCUT2D eigenvalue weighted by molar-refractivity contribution is 0.167. The van der Waals surface area contributed by atoms with Gasteiger partial charge in [0.1, 0.15) is 11.5 Å². The van der Waals surface area contributed by atoms with E-state index in [-0.39, 0.29) is 0 Å². The van der Waals surface area contributed by atoms with E-state index < -0.39 is 6.09 Å². The van der Waals surface area contributed by atoms with Crippen LogP contribution in [0.3, 0.4) is 0 Å². The van der Waals surface area contributed by atoms with E-state index in [4.69, 9.17) is 14.3 Å². The van der Waals surface area contributed by atoms with E-state index in [9.17, 15) is 4.79 Å². The summed E-state index contributed by atoms with van der Waals surface area (Å²) in [6.45, 7) is 0. The Morgan fingerprint density at radius 2 is 1.86 bits per heavy atom. The van der Waals surface area contributed by atoms with Crippen LogP contribution >= 0.6 is 0 Å². The van der Waals surface area contributed by atoms with Gasteiger partial charge in [-0.25, -0.2) is 4.79 Å². The second-order valence-corrected chi connectivity index (χ2v) is 4.21. The Kier molecular flexibility index (Phi) is 5.37. The third kappa shape index (κ3) is 4.24. The van der Waals surface area contributed by atoms with E-state index >= 15 is 0 Å². The monoisotopic (exact) mass is 300 g/mol. The first-order valence-electron chi connectivity index (χ1n) is 6.51. The third-order valence-corrected chi connectivity index (χ3v) is 2.78. The number of para-hydroxylation sites is 1. The van der Waals surface area contributed by atoms with Gasteiger partial charge in [0.15, 0.2) is 0 Å². The normalized spacial score (nSPS) is 10.3. The van der Waals surface area contributed by atoms with Crippen molar-refractivity contribution in [3.8, 4) is 11.5 Å². The molecule has 0 spiro atoms. The third-order valence-electron chi connectivity index (χ3n) is 2.78. The minimum Gasteiger partial charge on any atom is -0.497 e. The molecule has 0 aliphatic heterocycles. The quantitative estimate of drug-likeness (QED) is 0.522. The Morgan fingerprint density at radius 1 is 1.09 bits per heavy atom. The number of rotatable bonds is 5. The number of methoxy groups -OCH3 is 2. The van der Waals surface area contributed by atoms with Crippen LogP contribution in [0, 0.1) is 0 Å². The Balaban J connectivity index is 1.98. The minimum atomic E-state index is -0.677. The summed E-state index contributed by atoms with van der Waals surface area (Å²) in [5.74, 6) is 1.24. The van der Waals surface area contributed by atoms with Crippen molar-refractivity contribution < 1.29 is 19.1 Å². The topological polar surface area (TPSA) is 69.1 Å². The molecule has 0 saturated heterocycles. The number of carbonyl (C=O) groups excluding carboxylic acids is 1. The van der Waals surface area contributed by atoms with Crippen molar-refractivity contribution >= 4 is 18.0 Å². The first-order valence-corrected chi connectivity index (χ1v) is 6.51. The molecule has 2 aromatic rings. The van der Waals surface area contributed by atoms with Gasteiger partial charge in [0, 0.05) is 11.3 Å². The minimum absolute atomic E-state index is 0.594. The number of nitrogens with one attached hydrogen (secondary N) is 1. The molecule has 2 rings (SSSR count). The largest absolute Gasteiger partial charge is 0.497 e. The van der Waals surface area contributed by atoms with Crippen LogP contribution < -0.4 is 14.8 Å². The summed E-state index contributed by atoms with van der Waals surface area (Å²) >= 11 is 0. The van der Waals surface area contributed by atoms with E-state index in [1.54, 1.807) is 56.7 Å². The van der Waals surface area contributed by atoms with Crippen LogP contribution in [0.4, 0.5) is 10.5 Å². The average molecular weight is 300 g/mol. The second kappa shape index (κ2) is 7.68. The SMILES string of the molecule is COc1ccc(OC)c(/C=N/OC(=O)Nc2ccccc2)c1. The van der Waals surface area contributed by atoms with Crippen LogP contribution in [-0.2, 0) is 4.84 Å². The molecule has 0 bridgehead atoms. The highest BCUT2D eigenvalue weighted by molar-refractivity contribution is 5.87. The van der Waals surface area contributed by atoms with Crippen LogP contribution in [0.15, 0.2) is 53.7 Å². The van der Waals surface area contributed by atoms with Gasteiger partial charge in [-0.05, 0) is 30.3 Å². The van der Waals surface area contributed by atoms with Gasteiger partial charge < -0.3 is 9.47 Å². The average Bonchev–Trinajstić information content (AvgIpc) is 2.55. The highest BCUT2D eigenvalue weighted by atomic mass is 16.7. The number of benzene rings is 2. The molecule has 0 saturated carbocycles. The van der Waals surface area contributed by atoms with Crippen molar-refractivity contribution in [2.75, 3.05) is 19.5 Å². The first kappa shape index (κ1) is 15.4. The summed E-state index contributed by atoms with van der Waals surface area (Å²) < 4.78 is 10.3. The number of hydrogen-bond acceptors (Lipinski definition) is 5. The Morgan fingerprint density at radius 3 is 2.55 bits per heavy atom. The standard InChI is InChI=1S/C16H16N2O4/c1-20-14-8-9-15(21-2)12(10-14)11-17-22-16(19)18-13-6-4-3-5-7-13/h3-11H,1-2H3,(H,18,19)/b17-11+. The van der Waals surface area contributed by atoms with Gasteiger partial charge >= 0.3 is 6.09 Å². The smallest absolute Gasteiger partial charge is 0.437 e. The number of oxime groups is 1. The van der Waals surface area contributed by atoms with Crippen LogP contribution in [-0.4, -0.2) is 26.5 Å². The van der Waals surface area contributed by atoms with Crippen molar-refractivity contribution in [3.63, 3.8) is 0 Å². The number of amides is 1. The van der Waals surface area contributed by atoms with Crippen LogP contribution in [0.25, 0.3) is 0 Å². The van der Waals surface area contributed by atoms with Crippen molar-refractivity contribution in [2.24, 2.45) is 5.16 Å². The molecule has 0 aromatic heterocycles. The van der Waals surface area contributed by atoms with Gasteiger partial charge in [-0.3, -0.25) is 10.2 Å². The van der Waals surface area contributed by atoms with Gasteiger partial charge in [-0.1, -0.05) is 23.4 Å². The molecule has 0 heterocycles. The van der Waals surface area contributed by atoms with Crippen LogP contribution in [0.5, 0.6) is 11.5 Å². The van der Waals surface area contributed by atoms with Crippen molar-refractivity contribution in [3.05, 3.63) is 54.1 Å². The fraction of sp³-hybridized carbons (Fsp3) is 0.125. The lowest BCUT2D eigenvalue weighted by atomic mass is 10.2. The van der Waals surface area contributed by atoms with Crippen LogP contribution in [0.1, 0.15) is 5.56 Å². The van der Waals surface area contributed by atoms with Crippen molar-refractivity contribution in [2.45, 2.75) is 0 Å². The molecule has 0 aliphatic carbocycles. The molecule has 0 radical (unpaired) electrons. The second-order valence-electron chi connectivity index (χ2n) is 4.21. The molecule has 114 valence electrons. The molecule has 0 unspecified atom stereocenters. The summed E-state index contributed by atoms with van der Waals surface area (Å²) in [7, 11) is 3.11. The molecule has 0 atom stereocenters. The van der Waals surface area contributed by atoms with E-state index in [0.29, 0.717) is 22.7 Å². The van der Waals surface area contributed by atoms with Crippen LogP contribution in [0.2, 0.25) is 0 Å². The molecule has 2 aromatic carbocycles. The molecule has 0 aliphatic rings. The fourth-order valence-electron chi connectivity index (χ4n) is 1.73. The van der Waals surface area contributed by atoms with Gasteiger partial charge in [0.25, 0.3) is 0 Å². The molecule has 22 heavy (non-hydrogen) atoms. The van der Waals surface area contributed by atoms with Crippen molar-refractivity contribution in [1.29, 1.82) is 0 Å². The summed E-state index contributed by atoms with van der Waals surface area (Å²) in [5.41, 5.74) is 1.26. The van der Waals surface area contributed by atoms with E-state index in [1.807, 2.05) is 6.07 Å². The predicted octanol–water partition coefficient (Wildman–Crippen LogP) is 3.29. The zero-order valence-corrected chi connectivity index (χ0v) is 12.3. The van der Waals surface area contributed by atoms with Gasteiger partial charge in [0.05, 0.1) is 20.4 Å². The van der Waals surface area contributed by atoms with Gasteiger partial charge in [-0.2, -0.15) is 0 Å². The number of anilines is 1. The maximum atomic E-state index is 11.6. The summed E-state index contributed by atoms with van der Waals surface area (Å²) in [4.78, 5) is 16.3. The number of nitrogens with zero attached hydrogens (tertiary/aromatic N) is 1. The zero-order valence-electron chi connectivity index (χ0n) is 12.3. The predicted molar refractivity (Wildman–Crippen MR) is 83.7 cm³/mol. The first-order chi connectivity index (χ1) is 10.7. The lowest BCUT2D eigenvalue weighted by Crippen LogP contribution is -2.10.